The molecule has 0 rings (SSSR count). The summed E-state index contributed by atoms with van der Waals surface area (Å²) in [7, 11) is -1.16. The van der Waals surface area contributed by atoms with Crippen LogP contribution in [0.4, 0.5) is 0 Å². The summed E-state index contributed by atoms with van der Waals surface area (Å²) in [6.07, 6.45) is 0. The van der Waals surface area contributed by atoms with Gasteiger partial charge in [-0.2, -0.15) is 5.26 Å². The zero-order valence-corrected chi connectivity index (χ0v) is 9.13. The summed E-state index contributed by atoms with van der Waals surface area (Å²) in [5.74, 6) is 0.299. The van der Waals surface area contributed by atoms with Gasteiger partial charge in [-0.05, 0) is 14.0 Å². The molecule has 0 aromatic carbocycles. The van der Waals surface area contributed by atoms with Gasteiger partial charge in [0, 0.05) is 12.3 Å². The Labute approximate surface area is 80.1 Å². The zero-order valence-electron chi connectivity index (χ0n) is 8.32. The molecule has 4 nitrogen and oxygen atoms in total. The summed E-state index contributed by atoms with van der Waals surface area (Å²) in [6, 6.07) is 1.82. The lowest BCUT2D eigenvalue weighted by Crippen LogP contribution is -2.32. The first-order valence-electron chi connectivity index (χ1n) is 4.23. The number of rotatable bonds is 5. The van der Waals surface area contributed by atoms with Crippen LogP contribution < -0.4 is 0 Å². The van der Waals surface area contributed by atoms with E-state index >= 15 is 0 Å². The highest BCUT2D eigenvalue weighted by Gasteiger charge is 2.12. The molecule has 0 saturated heterocycles. The second-order valence-electron chi connectivity index (χ2n) is 3.02. The minimum atomic E-state index is -2.91. The minimum absolute atomic E-state index is 0.131. The molecular formula is C8H16N2O2S. The first-order valence-corrected chi connectivity index (χ1v) is 6.05. The number of nitriles is 1. The van der Waals surface area contributed by atoms with Crippen molar-refractivity contribution >= 4 is 9.84 Å². The largest absolute Gasteiger partial charge is 0.290 e. The molecule has 0 fully saturated rings. The van der Waals surface area contributed by atoms with Gasteiger partial charge in [0.15, 0.2) is 9.84 Å². The van der Waals surface area contributed by atoms with Gasteiger partial charge in [-0.1, -0.05) is 6.92 Å². The van der Waals surface area contributed by atoms with Crippen LogP contribution in [0.15, 0.2) is 0 Å². The Morgan fingerprint density at radius 3 is 2.46 bits per heavy atom. The van der Waals surface area contributed by atoms with Crippen molar-refractivity contribution in [1.29, 1.82) is 5.26 Å². The molecule has 0 aliphatic heterocycles. The smallest absolute Gasteiger partial charge is 0.151 e. The van der Waals surface area contributed by atoms with Crippen LogP contribution in [0.2, 0.25) is 0 Å². The van der Waals surface area contributed by atoms with Crippen molar-refractivity contribution in [3.05, 3.63) is 0 Å². The maximum atomic E-state index is 11.1. The van der Waals surface area contributed by atoms with Gasteiger partial charge >= 0.3 is 0 Å². The molecule has 1 atom stereocenters. The van der Waals surface area contributed by atoms with Crippen LogP contribution in [-0.2, 0) is 9.84 Å². The van der Waals surface area contributed by atoms with Gasteiger partial charge in [0.2, 0.25) is 0 Å². The Morgan fingerprint density at radius 1 is 1.54 bits per heavy atom. The van der Waals surface area contributed by atoms with Crippen molar-refractivity contribution in [3.8, 4) is 6.07 Å². The van der Waals surface area contributed by atoms with Gasteiger partial charge in [-0.15, -0.1) is 0 Å². The third-order valence-electron chi connectivity index (χ3n) is 2.04. The fourth-order valence-electron chi connectivity index (χ4n) is 0.720. The van der Waals surface area contributed by atoms with Gasteiger partial charge in [0.25, 0.3) is 0 Å². The second kappa shape index (κ2) is 5.20. The Bertz CT molecular complexity index is 279. The molecule has 0 aliphatic carbocycles. The summed E-state index contributed by atoms with van der Waals surface area (Å²) in [4.78, 5) is 1.73. The lowest BCUT2D eigenvalue weighted by molar-refractivity contribution is 0.320. The molecule has 5 heteroatoms. The van der Waals surface area contributed by atoms with Crippen LogP contribution in [0.25, 0.3) is 0 Å². The van der Waals surface area contributed by atoms with Crippen molar-refractivity contribution < 1.29 is 8.42 Å². The van der Waals surface area contributed by atoms with E-state index in [0.717, 1.165) is 0 Å². The zero-order chi connectivity index (χ0) is 10.5. The van der Waals surface area contributed by atoms with Gasteiger partial charge in [-0.3, -0.25) is 4.90 Å². The Balaban J connectivity index is 3.99. The van der Waals surface area contributed by atoms with Crippen molar-refractivity contribution in [1.82, 2.24) is 4.90 Å². The molecule has 76 valence electrons. The van der Waals surface area contributed by atoms with Crippen LogP contribution in [0, 0.1) is 11.3 Å². The quantitative estimate of drug-likeness (QED) is 0.644. The molecule has 0 saturated carbocycles. The van der Waals surface area contributed by atoms with Crippen molar-refractivity contribution in [2.24, 2.45) is 0 Å². The van der Waals surface area contributed by atoms with Gasteiger partial charge in [0.05, 0.1) is 17.9 Å². The fraction of sp³-hybridized carbons (Fsp3) is 0.875. The van der Waals surface area contributed by atoms with Crippen LogP contribution in [0.5, 0.6) is 0 Å². The molecular weight excluding hydrogens is 188 g/mol. The number of sulfone groups is 1. The summed E-state index contributed by atoms with van der Waals surface area (Å²) >= 11 is 0. The van der Waals surface area contributed by atoms with E-state index in [-0.39, 0.29) is 17.5 Å². The van der Waals surface area contributed by atoms with E-state index in [1.165, 1.54) is 0 Å². The molecule has 0 N–H and O–H groups in total. The molecule has 0 aromatic heterocycles. The van der Waals surface area contributed by atoms with Gasteiger partial charge < -0.3 is 0 Å². The van der Waals surface area contributed by atoms with E-state index in [1.807, 2.05) is 0 Å². The van der Waals surface area contributed by atoms with E-state index < -0.39 is 9.84 Å². The Morgan fingerprint density at radius 2 is 2.08 bits per heavy atom. The first-order chi connectivity index (χ1) is 5.93. The van der Waals surface area contributed by atoms with Crippen molar-refractivity contribution in [3.63, 3.8) is 0 Å². The third kappa shape index (κ3) is 4.86. The first kappa shape index (κ1) is 12.4. The molecule has 0 spiro atoms. The molecule has 0 amide bonds. The van der Waals surface area contributed by atoms with Crippen LogP contribution in [0.3, 0.4) is 0 Å². The highest BCUT2D eigenvalue weighted by molar-refractivity contribution is 7.91. The van der Waals surface area contributed by atoms with Crippen molar-refractivity contribution in [2.75, 3.05) is 25.1 Å². The standard InChI is InChI=1S/C8H16N2O2S/c1-4-13(11,12)6-5-10(3)8(2)7-9/h8H,4-6H2,1-3H3. The fourth-order valence-corrected chi connectivity index (χ4v) is 1.57. The summed E-state index contributed by atoms with van der Waals surface area (Å²) in [6.45, 7) is 3.80. The lowest BCUT2D eigenvalue weighted by atomic mass is 10.3. The molecule has 0 radical (unpaired) electrons. The maximum Gasteiger partial charge on any atom is 0.151 e. The number of hydrogen-bond acceptors (Lipinski definition) is 4. The predicted molar refractivity (Wildman–Crippen MR) is 52.0 cm³/mol. The highest BCUT2D eigenvalue weighted by Crippen LogP contribution is 1.96. The molecule has 0 aliphatic rings. The normalized spacial score (nSPS) is 14.1. The predicted octanol–water partition coefficient (Wildman–Crippen LogP) is 0.265. The average Bonchev–Trinajstić information content (AvgIpc) is 2.13. The maximum absolute atomic E-state index is 11.1. The third-order valence-corrected chi connectivity index (χ3v) is 3.73. The second-order valence-corrected chi connectivity index (χ2v) is 5.49. The Hall–Kier alpha value is -0.600. The van der Waals surface area contributed by atoms with E-state index in [2.05, 4.69) is 6.07 Å². The summed E-state index contributed by atoms with van der Waals surface area (Å²) in [5, 5.41) is 8.55. The highest BCUT2D eigenvalue weighted by atomic mass is 32.2. The van der Waals surface area contributed by atoms with E-state index in [9.17, 15) is 8.42 Å². The van der Waals surface area contributed by atoms with Gasteiger partial charge in [-0.25, -0.2) is 8.42 Å². The average molecular weight is 204 g/mol. The lowest BCUT2D eigenvalue weighted by Gasteiger charge is -2.18. The van der Waals surface area contributed by atoms with Gasteiger partial charge in [0.1, 0.15) is 0 Å². The molecule has 0 aromatic rings. The number of nitrogens with zero attached hydrogens (tertiary/aromatic N) is 2. The number of hydrogen-bond donors (Lipinski definition) is 0. The van der Waals surface area contributed by atoms with E-state index in [1.54, 1.807) is 25.8 Å². The molecule has 0 bridgehead atoms. The molecule has 1 unspecified atom stereocenters. The van der Waals surface area contributed by atoms with Crippen LogP contribution in [-0.4, -0.2) is 44.5 Å². The monoisotopic (exact) mass is 204 g/mol. The molecule has 13 heavy (non-hydrogen) atoms. The van der Waals surface area contributed by atoms with E-state index in [0.29, 0.717) is 6.54 Å². The van der Waals surface area contributed by atoms with Crippen LogP contribution >= 0.6 is 0 Å². The summed E-state index contributed by atoms with van der Waals surface area (Å²) in [5.41, 5.74) is 0. The minimum Gasteiger partial charge on any atom is -0.290 e. The Kier molecular flexibility index (Phi) is 4.96. The topological polar surface area (TPSA) is 61.2 Å². The van der Waals surface area contributed by atoms with Crippen molar-refractivity contribution in [2.45, 2.75) is 19.9 Å². The van der Waals surface area contributed by atoms with E-state index in [4.69, 9.17) is 5.26 Å². The molecule has 0 heterocycles. The summed E-state index contributed by atoms with van der Waals surface area (Å²) < 4.78 is 22.2. The van der Waals surface area contributed by atoms with Crippen LogP contribution in [0.1, 0.15) is 13.8 Å². The SMILES string of the molecule is CCS(=O)(=O)CCN(C)C(C)C#N.